The molecule has 3 heterocycles. The molecule has 1 aromatic carbocycles. The van der Waals surface area contributed by atoms with Crippen molar-refractivity contribution >= 4 is 16.9 Å². The standard InChI is InChI=1S/C21H16N4O2/c1-13-10-16(14(2)25(13)15-6-5-9-23-12-15)20(26)17(11-22)21-24-18-7-3-4-8-19(18)27-21/h3-10,12,17H,1-2H3. The maximum Gasteiger partial charge on any atom is 0.220 e. The van der Waals surface area contributed by atoms with Crippen molar-refractivity contribution in [2.45, 2.75) is 19.8 Å². The van der Waals surface area contributed by atoms with E-state index in [4.69, 9.17) is 4.42 Å². The van der Waals surface area contributed by atoms with Crippen LogP contribution in [0, 0.1) is 25.2 Å². The molecule has 132 valence electrons. The summed E-state index contributed by atoms with van der Waals surface area (Å²) >= 11 is 0. The maximum absolute atomic E-state index is 13.1. The highest BCUT2D eigenvalue weighted by Gasteiger charge is 2.30. The Morgan fingerprint density at radius 3 is 2.74 bits per heavy atom. The fraction of sp³-hybridized carbons (Fsp3) is 0.143. The Hall–Kier alpha value is -3.72. The van der Waals surface area contributed by atoms with Gasteiger partial charge in [-0.3, -0.25) is 9.78 Å². The zero-order valence-corrected chi connectivity index (χ0v) is 14.9. The van der Waals surface area contributed by atoms with Crippen LogP contribution in [0.2, 0.25) is 0 Å². The molecule has 0 amide bonds. The number of aryl methyl sites for hydroxylation is 1. The number of nitrogens with zero attached hydrogens (tertiary/aromatic N) is 4. The van der Waals surface area contributed by atoms with E-state index in [-0.39, 0.29) is 11.7 Å². The van der Waals surface area contributed by atoms with Crippen LogP contribution in [0.4, 0.5) is 0 Å². The molecule has 0 saturated carbocycles. The van der Waals surface area contributed by atoms with Gasteiger partial charge in [-0.25, -0.2) is 4.98 Å². The summed E-state index contributed by atoms with van der Waals surface area (Å²) < 4.78 is 7.60. The van der Waals surface area contributed by atoms with E-state index in [0.29, 0.717) is 16.7 Å². The molecule has 0 radical (unpaired) electrons. The number of oxazole rings is 1. The highest BCUT2D eigenvalue weighted by atomic mass is 16.3. The number of aromatic nitrogens is 3. The lowest BCUT2D eigenvalue weighted by atomic mass is 9.99. The molecule has 3 aromatic heterocycles. The van der Waals surface area contributed by atoms with Gasteiger partial charge in [0, 0.05) is 23.1 Å². The molecular formula is C21H16N4O2. The molecule has 0 N–H and O–H groups in total. The Balaban J connectivity index is 1.76. The van der Waals surface area contributed by atoms with Crippen molar-refractivity contribution in [1.82, 2.24) is 14.5 Å². The Bertz CT molecular complexity index is 1150. The van der Waals surface area contributed by atoms with Gasteiger partial charge >= 0.3 is 0 Å². The van der Waals surface area contributed by atoms with Crippen molar-refractivity contribution in [3.63, 3.8) is 0 Å². The lowest BCUT2D eigenvalue weighted by molar-refractivity contribution is 0.0969. The lowest BCUT2D eigenvalue weighted by Gasteiger charge is -2.09. The Morgan fingerprint density at radius 1 is 1.22 bits per heavy atom. The number of hydrogen-bond donors (Lipinski definition) is 0. The van der Waals surface area contributed by atoms with Crippen molar-refractivity contribution in [2.75, 3.05) is 0 Å². The maximum atomic E-state index is 13.1. The number of benzene rings is 1. The molecule has 0 spiro atoms. The number of carbonyl (C=O) groups is 1. The largest absolute Gasteiger partial charge is 0.439 e. The van der Waals surface area contributed by atoms with E-state index >= 15 is 0 Å². The topological polar surface area (TPSA) is 84.7 Å². The van der Waals surface area contributed by atoms with Gasteiger partial charge < -0.3 is 8.98 Å². The van der Waals surface area contributed by atoms with E-state index in [1.807, 2.05) is 48.7 Å². The second-order valence-electron chi connectivity index (χ2n) is 6.28. The molecule has 0 aliphatic heterocycles. The average molecular weight is 356 g/mol. The summed E-state index contributed by atoms with van der Waals surface area (Å²) in [6.07, 6.45) is 3.43. The van der Waals surface area contributed by atoms with Gasteiger partial charge in [0.25, 0.3) is 0 Å². The van der Waals surface area contributed by atoms with Crippen molar-refractivity contribution in [3.05, 3.63) is 77.7 Å². The second-order valence-corrected chi connectivity index (χ2v) is 6.28. The number of nitriles is 1. The van der Waals surface area contributed by atoms with Gasteiger partial charge in [0.05, 0.1) is 18.0 Å². The number of para-hydroxylation sites is 2. The molecule has 0 saturated heterocycles. The fourth-order valence-corrected chi connectivity index (χ4v) is 3.29. The number of carbonyl (C=O) groups excluding carboxylic acids is 1. The van der Waals surface area contributed by atoms with Crippen LogP contribution < -0.4 is 0 Å². The molecule has 6 heteroatoms. The zero-order chi connectivity index (χ0) is 19.0. The summed E-state index contributed by atoms with van der Waals surface area (Å²) in [5, 5.41) is 9.63. The van der Waals surface area contributed by atoms with E-state index in [1.165, 1.54) is 0 Å². The third-order valence-electron chi connectivity index (χ3n) is 4.55. The number of pyridine rings is 1. The van der Waals surface area contributed by atoms with Crippen LogP contribution in [0.5, 0.6) is 0 Å². The molecule has 1 atom stereocenters. The number of fused-ring (bicyclic) bond motifs is 1. The quantitative estimate of drug-likeness (QED) is 0.514. The normalized spacial score (nSPS) is 12.0. The molecule has 1 unspecified atom stereocenters. The molecule has 0 bridgehead atoms. The summed E-state index contributed by atoms with van der Waals surface area (Å²) in [7, 11) is 0. The summed E-state index contributed by atoms with van der Waals surface area (Å²) in [6, 6.07) is 14.8. The van der Waals surface area contributed by atoms with E-state index < -0.39 is 5.92 Å². The summed E-state index contributed by atoms with van der Waals surface area (Å²) in [4.78, 5) is 21.6. The molecule has 6 nitrogen and oxygen atoms in total. The van der Waals surface area contributed by atoms with E-state index in [2.05, 4.69) is 9.97 Å². The summed E-state index contributed by atoms with van der Waals surface area (Å²) in [5.74, 6) is -1.30. The number of rotatable bonds is 4. The third kappa shape index (κ3) is 2.79. The van der Waals surface area contributed by atoms with E-state index in [9.17, 15) is 10.1 Å². The van der Waals surface area contributed by atoms with Crippen LogP contribution in [0.1, 0.15) is 33.6 Å². The molecule has 0 fully saturated rings. The Morgan fingerprint density at radius 2 is 2.04 bits per heavy atom. The summed E-state index contributed by atoms with van der Waals surface area (Å²) in [5.41, 5.74) is 4.16. The van der Waals surface area contributed by atoms with Crippen LogP contribution in [0.25, 0.3) is 16.8 Å². The first kappa shape index (κ1) is 16.7. The number of Topliss-reactive ketones (excluding diaryl/α,β-unsaturated/α-hetero) is 1. The monoisotopic (exact) mass is 356 g/mol. The Labute approximate surface area is 155 Å². The molecule has 27 heavy (non-hydrogen) atoms. The predicted molar refractivity (Wildman–Crippen MR) is 99.7 cm³/mol. The fourth-order valence-electron chi connectivity index (χ4n) is 3.29. The van der Waals surface area contributed by atoms with Crippen LogP contribution >= 0.6 is 0 Å². The SMILES string of the molecule is Cc1cc(C(=O)C(C#N)c2nc3ccccc3o2)c(C)n1-c1cccnc1. The molecule has 0 aliphatic carbocycles. The van der Waals surface area contributed by atoms with Gasteiger partial charge in [-0.1, -0.05) is 12.1 Å². The lowest BCUT2D eigenvalue weighted by Crippen LogP contribution is -2.13. The van der Waals surface area contributed by atoms with Crippen molar-refractivity contribution in [1.29, 1.82) is 5.26 Å². The van der Waals surface area contributed by atoms with Gasteiger partial charge in [-0.15, -0.1) is 0 Å². The number of ketones is 1. The first-order chi connectivity index (χ1) is 13.1. The predicted octanol–water partition coefficient (Wildman–Crippen LogP) is 4.12. The second kappa shape index (κ2) is 6.54. The van der Waals surface area contributed by atoms with Crippen molar-refractivity contribution < 1.29 is 9.21 Å². The first-order valence-corrected chi connectivity index (χ1v) is 8.49. The van der Waals surface area contributed by atoms with Gasteiger partial charge in [0.2, 0.25) is 5.89 Å². The molecule has 4 aromatic rings. The van der Waals surface area contributed by atoms with E-state index in [1.54, 1.807) is 30.6 Å². The molecular weight excluding hydrogens is 340 g/mol. The molecule has 0 aliphatic rings. The highest BCUT2D eigenvalue weighted by molar-refractivity contribution is 6.03. The smallest absolute Gasteiger partial charge is 0.220 e. The minimum absolute atomic E-state index is 0.120. The van der Waals surface area contributed by atoms with Crippen LogP contribution in [-0.4, -0.2) is 20.3 Å². The Kier molecular flexibility index (Phi) is 4.05. The van der Waals surface area contributed by atoms with Crippen molar-refractivity contribution in [3.8, 4) is 11.8 Å². The van der Waals surface area contributed by atoms with E-state index in [0.717, 1.165) is 17.1 Å². The van der Waals surface area contributed by atoms with Crippen LogP contribution in [0.3, 0.4) is 0 Å². The first-order valence-electron chi connectivity index (χ1n) is 8.49. The minimum atomic E-state index is -1.10. The van der Waals surface area contributed by atoms with Gasteiger partial charge in [0.1, 0.15) is 5.52 Å². The van der Waals surface area contributed by atoms with Crippen molar-refractivity contribution in [2.24, 2.45) is 0 Å². The zero-order valence-electron chi connectivity index (χ0n) is 14.9. The van der Waals surface area contributed by atoms with Crippen LogP contribution in [0.15, 0.2) is 59.3 Å². The summed E-state index contributed by atoms with van der Waals surface area (Å²) in [6.45, 7) is 3.77. The minimum Gasteiger partial charge on any atom is -0.439 e. The molecule has 4 rings (SSSR count). The van der Waals surface area contributed by atoms with Gasteiger partial charge in [0.15, 0.2) is 17.3 Å². The third-order valence-corrected chi connectivity index (χ3v) is 4.55. The van der Waals surface area contributed by atoms with Gasteiger partial charge in [-0.2, -0.15) is 5.26 Å². The number of hydrogen-bond acceptors (Lipinski definition) is 5. The van der Waals surface area contributed by atoms with Crippen LogP contribution in [-0.2, 0) is 0 Å². The van der Waals surface area contributed by atoms with Gasteiger partial charge in [-0.05, 0) is 44.2 Å². The average Bonchev–Trinajstić information content (AvgIpc) is 3.23. The highest BCUT2D eigenvalue weighted by Crippen LogP contribution is 2.28.